The zero-order valence-corrected chi connectivity index (χ0v) is 14.0. The molecular weight excluding hydrogens is 326 g/mol. The van der Waals surface area contributed by atoms with Crippen LogP contribution in [0.15, 0.2) is 53.0 Å². The van der Waals surface area contributed by atoms with Crippen LogP contribution in [0.3, 0.4) is 0 Å². The minimum Gasteiger partial charge on any atom is -0.494 e. The van der Waals surface area contributed by atoms with Gasteiger partial charge in [-0.2, -0.15) is 0 Å². The summed E-state index contributed by atoms with van der Waals surface area (Å²) in [6.45, 7) is 3.51. The molecule has 0 aliphatic carbocycles. The first-order chi connectivity index (χ1) is 10.2. The minimum absolute atomic E-state index is 0.457. The zero-order valence-electron chi connectivity index (χ0n) is 12.4. The third-order valence-electron chi connectivity index (χ3n) is 3.53. The van der Waals surface area contributed by atoms with E-state index in [1.165, 1.54) is 11.1 Å². The second-order valence-electron chi connectivity index (χ2n) is 5.39. The average Bonchev–Trinajstić information content (AvgIpc) is 2.46. The van der Waals surface area contributed by atoms with Crippen molar-refractivity contribution in [1.82, 2.24) is 0 Å². The smallest absolute Gasteiger partial charge is 0.120 e. The predicted octanol–water partition coefficient (Wildman–Crippen LogP) is 4.34. The third kappa shape index (κ3) is 5.52. The van der Waals surface area contributed by atoms with Crippen LogP contribution in [0.5, 0.6) is 5.75 Å². The first kappa shape index (κ1) is 16.1. The van der Waals surface area contributed by atoms with Crippen molar-refractivity contribution in [3.63, 3.8) is 0 Å². The number of aryl methyl sites for hydroxylation is 1. The minimum atomic E-state index is 0.457. The van der Waals surface area contributed by atoms with Crippen LogP contribution in [0.1, 0.15) is 17.5 Å². The Morgan fingerprint density at radius 2 is 1.95 bits per heavy atom. The fraction of sp³-hybridized carbons (Fsp3) is 0.333. The van der Waals surface area contributed by atoms with Crippen molar-refractivity contribution >= 4 is 15.9 Å². The molecule has 112 valence electrons. The van der Waals surface area contributed by atoms with Crippen molar-refractivity contribution < 1.29 is 4.74 Å². The summed E-state index contributed by atoms with van der Waals surface area (Å²) < 4.78 is 6.83. The predicted molar refractivity (Wildman–Crippen MR) is 91.7 cm³/mol. The van der Waals surface area contributed by atoms with E-state index in [2.05, 4.69) is 47.1 Å². The monoisotopic (exact) mass is 347 g/mol. The highest BCUT2D eigenvalue weighted by atomic mass is 79.9. The Kier molecular flexibility index (Phi) is 6.27. The summed E-state index contributed by atoms with van der Waals surface area (Å²) >= 11 is 3.45. The molecule has 2 nitrogen and oxygen atoms in total. The Labute approximate surface area is 135 Å². The molecule has 0 heterocycles. The molecule has 21 heavy (non-hydrogen) atoms. The first-order valence-electron chi connectivity index (χ1n) is 7.31. The van der Waals surface area contributed by atoms with Gasteiger partial charge in [-0.25, -0.2) is 0 Å². The molecule has 1 atom stereocenters. The number of benzene rings is 2. The van der Waals surface area contributed by atoms with E-state index in [9.17, 15) is 0 Å². The molecule has 2 N–H and O–H groups in total. The van der Waals surface area contributed by atoms with Gasteiger partial charge in [0.15, 0.2) is 0 Å². The van der Waals surface area contributed by atoms with Gasteiger partial charge in [0.05, 0.1) is 6.61 Å². The van der Waals surface area contributed by atoms with Crippen LogP contribution in [0, 0.1) is 12.8 Å². The lowest BCUT2D eigenvalue weighted by Crippen LogP contribution is -2.19. The zero-order chi connectivity index (χ0) is 15.1. The Morgan fingerprint density at radius 1 is 1.14 bits per heavy atom. The number of rotatable bonds is 7. The molecule has 0 aliphatic rings. The Balaban J connectivity index is 1.82. The van der Waals surface area contributed by atoms with E-state index in [1.807, 2.05) is 24.3 Å². The van der Waals surface area contributed by atoms with Gasteiger partial charge in [-0.1, -0.05) is 51.8 Å². The Bertz CT molecular complexity index is 571. The maximum absolute atomic E-state index is 5.90. The van der Waals surface area contributed by atoms with Crippen LogP contribution in [-0.2, 0) is 6.42 Å². The number of hydrogen-bond acceptors (Lipinski definition) is 2. The summed E-state index contributed by atoms with van der Waals surface area (Å²) in [5.41, 5.74) is 8.55. The van der Waals surface area contributed by atoms with E-state index in [1.54, 1.807) is 0 Å². The van der Waals surface area contributed by atoms with Crippen molar-refractivity contribution in [1.29, 1.82) is 0 Å². The Morgan fingerprint density at radius 3 is 2.67 bits per heavy atom. The van der Waals surface area contributed by atoms with Gasteiger partial charge < -0.3 is 10.5 Å². The van der Waals surface area contributed by atoms with E-state index in [0.29, 0.717) is 19.1 Å². The molecule has 0 spiro atoms. The summed E-state index contributed by atoms with van der Waals surface area (Å²) in [6.07, 6.45) is 1.98. The number of nitrogens with two attached hydrogens (primary N) is 1. The summed E-state index contributed by atoms with van der Waals surface area (Å²) in [6, 6.07) is 16.6. The summed E-state index contributed by atoms with van der Waals surface area (Å²) in [5, 5.41) is 0. The van der Waals surface area contributed by atoms with Gasteiger partial charge in [0, 0.05) is 4.47 Å². The van der Waals surface area contributed by atoms with Crippen LogP contribution in [-0.4, -0.2) is 13.2 Å². The number of halogens is 1. The molecular formula is C18H22BrNO. The average molecular weight is 348 g/mol. The highest BCUT2D eigenvalue weighted by Crippen LogP contribution is 2.19. The van der Waals surface area contributed by atoms with E-state index in [-0.39, 0.29) is 0 Å². The van der Waals surface area contributed by atoms with Gasteiger partial charge in [0.2, 0.25) is 0 Å². The SMILES string of the molecule is Cc1cccc(CC(CN)CCOc2cccc(Br)c2)c1. The molecule has 2 aromatic rings. The van der Waals surface area contributed by atoms with Gasteiger partial charge in [-0.15, -0.1) is 0 Å². The lowest BCUT2D eigenvalue weighted by molar-refractivity contribution is 0.278. The van der Waals surface area contributed by atoms with Crippen molar-refractivity contribution in [3.8, 4) is 5.75 Å². The highest BCUT2D eigenvalue weighted by molar-refractivity contribution is 9.10. The highest BCUT2D eigenvalue weighted by Gasteiger charge is 2.08. The van der Waals surface area contributed by atoms with Crippen LogP contribution in [0.25, 0.3) is 0 Å². The summed E-state index contributed by atoms with van der Waals surface area (Å²) in [4.78, 5) is 0. The molecule has 2 aromatic carbocycles. The summed E-state index contributed by atoms with van der Waals surface area (Å²) in [5.74, 6) is 1.36. The second kappa shape index (κ2) is 8.20. The van der Waals surface area contributed by atoms with Crippen LogP contribution in [0.2, 0.25) is 0 Å². The maximum atomic E-state index is 5.90. The summed E-state index contributed by atoms with van der Waals surface area (Å²) in [7, 11) is 0. The van der Waals surface area contributed by atoms with Crippen LogP contribution >= 0.6 is 15.9 Å². The third-order valence-corrected chi connectivity index (χ3v) is 4.02. The van der Waals surface area contributed by atoms with Crippen molar-refractivity contribution in [2.75, 3.05) is 13.2 Å². The van der Waals surface area contributed by atoms with Crippen LogP contribution < -0.4 is 10.5 Å². The molecule has 0 aliphatic heterocycles. The van der Waals surface area contributed by atoms with Crippen molar-refractivity contribution in [2.45, 2.75) is 19.8 Å². The molecule has 0 bridgehead atoms. The fourth-order valence-corrected chi connectivity index (χ4v) is 2.75. The van der Waals surface area contributed by atoms with E-state index in [4.69, 9.17) is 10.5 Å². The molecule has 0 amide bonds. The standard InChI is InChI=1S/C18H22BrNO/c1-14-4-2-5-15(10-14)11-16(13-20)8-9-21-18-7-3-6-17(19)12-18/h2-7,10,12,16H,8-9,11,13,20H2,1H3. The lowest BCUT2D eigenvalue weighted by Gasteiger charge is -2.15. The van der Waals surface area contributed by atoms with E-state index < -0.39 is 0 Å². The molecule has 0 saturated heterocycles. The number of ether oxygens (including phenoxy) is 1. The van der Waals surface area contributed by atoms with Gasteiger partial charge in [-0.3, -0.25) is 0 Å². The fourth-order valence-electron chi connectivity index (χ4n) is 2.38. The van der Waals surface area contributed by atoms with Gasteiger partial charge in [-0.05, 0) is 56.0 Å². The normalized spacial score (nSPS) is 12.1. The molecule has 2 rings (SSSR count). The molecule has 1 unspecified atom stereocenters. The topological polar surface area (TPSA) is 35.2 Å². The maximum Gasteiger partial charge on any atom is 0.120 e. The Hall–Kier alpha value is -1.32. The quantitative estimate of drug-likeness (QED) is 0.808. The van der Waals surface area contributed by atoms with Crippen molar-refractivity contribution in [2.24, 2.45) is 11.7 Å². The van der Waals surface area contributed by atoms with Gasteiger partial charge >= 0.3 is 0 Å². The molecule has 0 radical (unpaired) electrons. The van der Waals surface area contributed by atoms with E-state index in [0.717, 1.165) is 23.1 Å². The van der Waals surface area contributed by atoms with Gasteiger partial charge in [0.1, 0.15) is 5.75 Å². The largest absolute Gasteiger partial charge is 0.494 e. The molecule has 0 saturated carbocycles. The van der Waals surface area contributed by atoms with E-state index >= 15 is 0 Å². The molecule has 0 fully saturated rings. The molecule has 3 heteroatoms. The van der Waals surface area contributed by atoms with Crippen LogP contribution in [0.4, 0.5) is 0 Å². The lowest BCUT2D eigenvalue weighted by atomic mass is 9.96. The molecule has 0 aromatic heterocycles. The number of hydrogen-bond donors (Lipinski definition) is 1. The van der Waals surface area contributed by atoms with Crippen molar-refractivity contribution in [3.05, 3.63) is 64.1 Å². The first-order valence-corrected chi connectivity index (χ1v) is 8.10. The van der Waals surface area contributed by atoms with Gasteiger partial charge in [0.25, 0.3) is 0 Å². The second-order valence-corrected chi connectivity index (χ2v) is 6.31.